The van der Waals surface area contributed by atoms with Crippen LogP contribution in [0.25, 0.3) is 0 Å². The molecule has 0 saturated heterocycles. The van der Waals surface area contributed by atoms with Gasteiger partial charge in [-0.2, -0.15) is 22.0 Å². The van der Waals surface area contributed by atoms with Crippen molar-refractivity contribution in [2.45, 2.75) is 18.7 Å². The molecule has 2 nitrogen and oxygen atoms in total. The highest BCUT2D eigenvalue weighted by Gasteiger charge is 2.64. The highest BCUT2D eigenvalue weighted by molar-refractivity contribution is 9.10. The van der Waals surface area contributed by atoms with Crippen LogP contribution in [0.4, 0.5) is 26.3 Å². The van der Waals surface area contributed by atoms with E-state index in [1.165, 1.54) is 6.07 Å². The van der Waals surface area contributed by atoms with Crippen molar-refractivity contribution < 1.29 is 35.9 Å². The van der Waals surface area contributed by atoms with Crippen LogP contribution in [-0.2, 0) is 16.1 Å². The minimum atomic E-state index is -6.04. The number of alkyl halides is 5. The molecule has 0 aliphatic carbocycles. The molecule has 1 aromatic rings. The van der Waals surface area contributed by atoms with Crippen LogP contribution < -0.4 is 0 Å². The third-order valence-corrected chi connectivity index (χ3v) is 2.75. The molecule has 0 aliphatic rings. The van der Waals surface area contributed by atoms with Gasteiger partial charge in [0.15, 0.2) is 0 Å². The summed E-state index contributed by atoms with van der Waals surface area (Å²) >= 11 is 2.90. The number of esters is 1. The number of hydrogen-bond acceptors (Lipinski definition) is 2. The van der Waals surface area contributed by atoms with Crippen molar-refractivity contribution in [3.63, 3.8) is 0 Å². The van der Waals surface area contributed by atoms with Gasteiger partial charge in [0.1, 0.15) is 12.4 Å². The number of halogens is 7. The maximum atomic E-state index is 12.8. The van der Waals surface area contributed by atoms with E-state index in [-0.39, 0.29) is 10.0 Å². The maximum Gasteiger partial charge on any atom is 0.465 e. The molecule has 9 heteroatoms. The van der Waals surface area contributed by atoms with E-state index < -0.39 is 30.5 Å². The summed E-state index contributed by atoms with van der Waals surface area (Å²) < 4.78 is 77.4. The van der Waals surface area contributed by atoms with Crippen molar-refractivity contribution in [3.05, 3.63) is 34.1 Å². The molecule has 0 unspecified atom stereocenters. The first-order valence-electron chi connectivity index (χ1n) is 4.61. The Hall–Kier alpha value is -1.25. The Morgan fingerprint density at radius 1 is 1.21 bits per heavy atom. The number of ether oxygens (including phenoxy) is 1. The standard InChI is InChI=1S/C10H5BrF6O2/c11-7-2-1-6(12)3-5(7)4-19-8(18)9(13,14)10(15,16)17/h1-3H,4H2. The Morgan fingerprint density at radius 3 is 2.32 bits per heavy atom. The fourth-order valence-corrected chi connectivity index (χ4v) is 1.36. The summed E-state index contributed by atoms with van der Waals surface area (Å²) in [6.45, 7) is -0.914. The molecule has 0 bridgehead atoms. The van der Waals surface area contributed by atoms with Gasteiger partial charge in [0.25, 0.3) is 0 Å². The van der Waals surface area contributed by atoms with Gasteiger partial charge in [0, 0.05) is 10.0 Å². The van der Waals surface area contributed by atoms with Gasteiger partial charge >= 0.3 is 18.1 Å². The molecular formula is C10H5BrF6O2. The van der Waals surface area contributed by atoms with E-state index in [1.54, 1.807) is 0 Å². The zero-order chi connectivity index (χ0) is 14.8. The Labute approximate surface area is 111 Å². The Kier molecular flexibility index (Phi) is 4.49. The molecule has 1 rings (SSSR count). The van der Waals surface area contributed by atoms with E-state index in [0.717, 1.165) is 12.1 Å². The largest absolute Gasteiger partial charge is 0.465 e. The van der Waals surface area contributed by atoms with Gasteiger partial charge in [-0.05, 0) is 18.2 Å². The first-order valence-corrected chi connectivity index (χ1v) is 5.40. The molecule has 1 aromatic carbocycles. The van der Waals surface area contributed by atoms with Gasteiger partial charge in [0.05, 0.1) is 0 Å². The first kappa shape index (κ1) is 15.8. The molecular weight excluding hydrogens is 346 g/mol. The maximum absolute atomic E-state index is 12.8. The molecule has 0 spiro atoms. The van der Waals surface area contributed by atoms with Crippen molar-refractivity contribution in [2.24, 2.45) is 0 Å². The number of carbonyl (C=O) groups excluding carboxylic acids is 1. The summed E-state index contributed by atoms with van der Waals surface area (Å²) in [4.78, 5) is 10.7. The van der Waals surface area contributed by atoms with Crippen LogP contribution in [-0.4, -0.2) is 18.1 Å². The van der Waals surface area contributed by atoms with Gasteiger partial charge in [-0.25, -0.2) is 9.18 Å². The first-order chi connectivity index (χ1) is 8.55. The highest BCUT2D eigenvalue weighted by Crippen LogP contribution is 2.36. The van der Waals surface area contributed by atoms with Gasteiger partial charge in [-0.3, -0.25) is 0 Å². The zero-order valence-corrected chi connectivity index (χ0v) is 10.5. The summed E-state index contributed by atoms with van der Waals surface area (Å²) in [5, 5.41) is 0. The van der Waals surface area contributed by atoms with Gasteiger partial charge in [-0.15, -0.1) is 0 Å². The normalized spacial score (nSPS) is 12.4. The fraction of sp³-hybridized carbons (Fsp3) is 0.300. The molecule has 0 aromatic heterocycles. The summed E-state index contributed by atoms with van der Waals surface area (Å²) in [7, 11) is 0. The molecule has 0 saturated carbocycles. The molecule has 0 radical (unpaired) electrons. The quantitative estimate of drug-likeness (QED) is 0.611. The molecule has 0 aliphatic heterocycles. The minimum Gasteiger partial charge on any atom is -0.456 e. The number of rotatable bonds is 3. The van der Waals surface area contributed by atoms with Crippen LogP contribution in [0.15, 0.2) is 22.7 Å². The lowest BCUT2D eigenvalue weighted by molar-refractivity contribution is -0.281. The summed E-state index contributed by atoms with van der Waals surface area (Å²) in [5.41, 5.74) is -0.0775. The average Bonchev–Trinajstić information content (AvgIpc) is 2.28. The Bertz CT molecular complexity index is 485. The molecule has 106 valence electrons. The van der Waals surface area contributed by atoms with E-state index in [9.17, 15) is 31.1 Å². The van der Waals surface area contributed by atoms with Crippen LogP contribution in [0.2, 0.25) is 0 Å². The lowest BCUT2D eigenvalue weighted by atomic mass is 10.2. The predicted molar refractivity (Wildman–Crippen MR) is 54.9 cm³/mol. The van der Waals surface area contributed by atoms with Crippen molar-refractivity contribution in [2.75, 3.05) is 0 Å². The van der Waals surface area contributed by atoms with Crippen LogP contribution in [0.3, 0.4) is 0 Å². The van der Waals surface area contributed by atoms with Crippen molar-refractivity contribution in [3.8, 4) is 0 Å². The third-order valence-electron chi connectivity index (χ3n) is 1.98. The van der Waals surface area contributed by atoms with E-state index >= 15 is 0 Å². The SMILES string of the molecule is O=C(OCc1cc(F)ccc1Br)C(F)(F)C(F)(F)F. The fourth-order valence-electron chi connectivity index (χ4n) is 1.00. The number of hydrogen-bond donors (Lipinski definition) is 0. The van der Waals surface area contributed by atoms with Crippen LogP contribution in [0.1, 0.15) is 5.56 Å². The van der Waals surface area contributed by atoms with Gasteiger partial charge in [0.2, 0.25) is 0 Å². The van der Waals surface area contributed by atoms with E-state index in [0.29, 0.717) is 0 Å². The number of carbonyl (C=O) groups is 1. The second-order valence-electron chi connectivity index (χ2n) is 3.38. The molecule has 0 heterocycles. The van der Waals surface area contributed by atoms with Crippen molar-refractivity contribution in [1.29, 1.82) is 0 Å². The number of benzene rings is 1. The Morgan fingerprint density at radius 2 is 1.79 bits per heavy atom. The van der Waals surface area contributed by atoms with Crippen LogP contribution in [0, 0.1) is 5.82 Å². The summed E-state index contributed by atoms with van der Waals surface area (Å²) in [5.74, 6) is -9.10. The van der Waals surface area contributed by atoms with Crippen molar-refractivity contribution in [1.82, 2.24) is 0 Å². The second-order valence-corrected chi connectivity index (χ2v) is 4.24. The third kappa shape index (κ3) is 3.62. The molecule has 0 amide bonds. The minimum absolute atomic E-state index is 0.0775. The average molecular weight is 351 g/mol. The second kappa shape index (κ2) is 5.40. The lowest BCUT2D eigenvalue weighted by Gasteiger charge is -2.18. The molecule has 0 atom stereocenters. The summed E-state index contributed by atoms with van der Waals surface area (Å²) in [6, 6.07) is 3.06. The topological polar surface area (TPSA) is 26.3 Å². The van der Waals surface area contributed by atoms with E-state index in [4.69, 9.17) is 0 Å². The smallest absolute Gasteiger partial charge is 0.456 e. The van der Waals surface area contributed by atoms with Gasteiger partial charge in [-0.1, -0.05) is 15.9 Å². The highest BCUT2D eigenvalue weighted by atomic mass is 79.9. The predicted octanol–water partition coefficient (Wildman–Crippen LogP) is 3.83. The molecule has 0 N–H and O–H groups in total. The van der Waals surface area contributed by atoms with Crippen LogP contribution >= 0.6 is 15.9 Å². The Balaban J connectivity index is 2.77. The van der Waals surface area contributed by atoms with Crippen molar-refractivity contribution >= 4 is 21.9 Å². The van der Waals surface area contributed by atoms with E-state index in [1.807, 2.05) is 0 Å². The lowest BCUT2D eigenvalue weighted by Crippen LogP contribution is -2.45. The van der Waals surface area contributed by atoms with E-state index in [2.05, 4.69) is 20.7 Å². The van der Waals surface area contributed by atoms with Gasteiger partial charge < -0.3 is 4.74 Å². The molecule has 19 heavy (non-hydrogen) atoms. The zero-order valence-electron chi connectivity index (χ0n) is 8.90. The monoisotopic (exact) mass is 350 g/mol. The summed E-state index contributed by atoms with van der Waals surface area (Å²) in [6.07, 6.45) is -6.04. The van der Waals surface area contributed by atoms with Crippen LogP contribution in [0.5, 0.6) is 0 Å². The molecule has 0 fully saturated rings.